The van der Waals surface area contributed by atoms with E-state index in [1.165, 1.54) is 24.3 Å². The molecule has 1 aromatic heterocycles. The summed E-state index contributed by atoms with van der Waals surface area (Å²) in [5, 5.41) is 0.767. The van der Waals surface area contributed by atoms with E-state index in [9.17, 15) is 18.0 Å². The largest absolute Gasteiger partial charge is 0.416 e. The molecule has 2 aromatic carbocycles. The fraction of sp³-hybridized carbons (Fsp3) is 0.125. The third-order valence-electron chi connectivity index (χ3n) is 3.29. The first-order valence-electron chi connectivity index (χ1n) is 6.83. The van der Waals surface area contributed by atoms with Gasteiger partial charge in [0.2, 0.25) is 0 Å². The van der Waals surface area contributed by atoms with Gasteiger partial charge in [0.25, 0.3) is 5.22 Å². The van der Waals surface area contributed by atoms with Crippen LogP contribution in [0.4, 0.5) is 13.2 Å². The lowest BCUT2D eigenvalue weighted by atomic mass is 10.1. The molecule has 0 aliphatic rings. The molecule has 25 heavy (non-hydrogen) atoms. The summed E-state index contributed by atoms with van der Waals surface area (Å²) in [6.07, 6.45) is -4.38. The Kier molecular flexibility index (Phi) is 4.99. The lowest BCUT2D eigenvalue weighted by Crippen LogP contribution is -2.04. The molecule has 9 heteroatoms. The molecule has 0 atom stereocenters. The Bertz CT molecular complexity index is 988. The van der Waals surface area contributed by atoms with Crippen molar-refractivity contribution in [1.82, 2.24) is 4.98 Å². The summed E-state index contributed by atoms with van der Waals surface area (Å²) < 4.78 is 42.7. The molecule has 0 saturated carbocycles. The van der Waals surface area contributed by atoms with Gasteiger partial charge >= 0.3 is 11.8 Å². The van der Waals surface area contributed by atoms with Crippen molar-refractivity contribution in [3.8, 4) is 0 Å². The van der Waals surface area contributed by atoms with Crippen LogP contribution in [0.15, 0.2) is 50.8 Å². The molecule has 0 saturated heterocycles. The van der Waals surface area contributed by atoms with Crippen molar-refractivity contribution in [2.75, 3.05) is 0 Å². The lowest BCUT2D eigenvalue weighted by molar-refractivity contribution is -0.137. The number of aromatic nitrogens is 1. The van der Waals surface area contributed by atoms with Gasteiger partial charge in [-0.2, -0.15) is 13.2 Å². The minimum atomic E-state index is -4.38. The summed E-state index contributed by atoms with van der Waals surface area (Å²) in [4.78, 5) is 16.2. The summed E-state index contributed by atoms with van der Waals surface area (Å²) in [5.74, 6) is 0.293. The van der Waals surface area contributed by atoms with E-state index in [1.54, 1.807) is 0 Å². The molecular weight excluding hydrogens is 398 g/mol. The van der Waals surface area contributed by atoms with Gasteiger partial charge in [0.15, 0.2) is 0 Å². The first kappa shape index (κ1) is 18.1. The molecule has 0 bridgehead atoms. The van der Waals surface area contributed by atoms with Crippen LogP contribution in [-0.2, 0) is 11.9 Å². The van der Waals surface area contributed by atoms with Crippen LogP contribution in [0.2, 0.25) is 10.0 Å². The SMILES string of the molecule is O=c1oc(SCc2ccc(C(F)(F)F)cc2)nc2cc(Cl)c(Cl)cc12. The zero-order valence-corrected chi connectivity index (χ0v) is 14.6. The van der Waals surface area contributed by atoms with E-state index in [2.05, 4.69) is 4.98 Å². The topological polar surface area (TPSA) is 43.1 Å². The van der Waals surface area contributed by atoms with Crippen molar-refractivity contribution >= 4 is 45.9 Å². The molecular formula is C16H8Cl2F3NO2S. The van der Waals surface area contributed by atoms with Crippen LogP contribution in [0.1, 0.15) is 11.1 Å². The molecule has 0 aliphatic heterocycles. The van der Waals surface area contributed by atoms with Crippen LogP contribution in [-0.4, -0.2) is 4.98 Å². The van der Waals surface area contributed by atoms with Crippen molar-refractivity contribution in [2.24, 2.45) is 0 Å². The van der Waals surface area contributed by atoms with Gasteiger partial charge in [-0.15, -0.1) is 0 Å². The van der Waals surface area contributed by atoms with E-state index in [4.69, 9.17) is 27.6 Å². The fourth-order valence-corrected chi connectivity index (χ4v) is 3.15. The molecule has 0 spiro atoms. The highest BCUT2D eigenvalue weighted by Crippen LogP contribution is 2.31. The Morgan fingerprint density at radius 1 is 1.08 bits per heavy atom. The zero-order chi connectivity index (χ0) is 18.2. The Labute approximate surface area is 153 Å². The van der Waals surface area contributed by atoms with E-state index < -0.39 is 17.4 Å². The van der Waals surface area contributed by atoms with Crippen molar-refractivity contribution in [3.63, 3.8) is 0 Å². The highest BCUT2D eigenvalue weighted by molar-refractivity contribution is 7.98. The van der Waals surface area contributed by atoms with Gasteiger partial charge in [-0.3, -0.25) is 0 Å². The van der Waals surface area contributed by atoms with Crippen molar-refractivity contribution < 1.29 is 17.6 Å². The highest BCUT2D eigenvalue weighted by atomic mass is 35.5. The van der Waals surface area contributed by atoms with Gasteiger partial charge < -0.3 is 4.42 Å². The maximum atomic E-state index is 12.5. The number of rotatable bonds is 3. The van der Waals surface area contributed by atoms with Gasteiger partial charge in [0.1, 0.15) is 0 Å². The summed E-state index contributed by atoms with van der Waals surface area (Å²) in [5.41, 5.74) is -0.362. The second-order valence-corrected chi connectivity index (χ2v) is 6.78. The van der Waals surface area contributed by atoms with Crippen LogP contribution >= 0.6 is 35.0 Å². The maximum absolute atomic E-state index is 12.5. The Morgan fingerprint density at radius 2 is 1.72 bits per heavy atom. The Hall–Kier alpha value is -1.70. The molecule has 3 rings (SSSR count). The summed E-state index contributed by atoms with van der Waals surface area (Å²) in [6, 6.07) is 7.57. The molecule has 1 heterocycles. The first-order chi connectivity index (χ1) is 11.7. The van der Waals surface area contributed by atoms with Gasteiger partial charge in [-0.05, 0) is 29.8 Å². The molecule has 3 nitrogen and oxygen atoms in total. The van der Waals surface area contributed by atoms with Crippen molar-refractivity contribution in [3.05, 3.63) is 68.0 Å². The normalized spacial score (nSPS) is 11.9. The highest BCUT2D eigenvalue weighted by Gasteiger charge is 2.29. The molecule has 0 radical (unpaired) electrons. The minimum absolute atomic E-state index is 0.0933. The lowest BCUT2D eigenvalue weighted by Gasteiger charge is -2.07. The van der Waals surface area contributed by atoms with Gasteiger partial charge in [0, 0.05) is 5.75 Å². The summed E-state index contributed by atoms with van der Waals surface area (Å²) in [6.45, 7) is 0. The van der Waals surface area contributed by atoms with Crippen LogP contribution in [0.3, 0.4) is 0 Å². The van der Waals surface area contributed by atoms with E-state index in [1.807, 2.05) is 0 Å². The molecule has 0 fully saturated rings. The van der Waals surface area contributed by atoms with E-state index in [0.29, 0.717) is 16.8 Å². The number of thioether (sulfide) groups is 1. The van der Waals surface area contributed by atoms with Gasteiger partial charge in [-0.25, -0.2) is 9.78 Å². The van der Waals surface area contributed by atoms with Crippen LogP contribution in [0.5, 0.6) is 0 Å². The number of nitrogens with zero attached hydrogens (tertiary/aromatic N) is 1. The summed E-state index contributed by atoms with van der Waals surface area (Å²) >= 11 is 12.9. The zero-order valence-electron chi connectivity index (χ0n) is 12.2. The monoisotopic (exact) mass is 405 g/mol. The standard InChI is InChI=1S/C16H8Cl2F3NO2S/c17-11-5-10-13(6-12(11)18)22-15(24-14(10)23)25-7-8-1-3-9(4-2-8)16(19,20)21/h1-6H,7H2. The average molecular weight is 406 g/mol. The van der Waals surface area contributed by atoms with Crippen LogP contribution in [0, 0.1) is 0 Å². The maximum Gasteiger partial charge on any atom is 0.416 e. The van der Waals surface area contributed by atoms with Crippen LogP contribution in [0.25, 0.3) is 10.9 Å². The van der Waals surface area contributed by atoms with E-state index in [0.717, 1.165) is 23.9 Å². The smallest absolute Gasteiger partial charge is 0.397 e. The Balaban J connectivity index is 1.81. The fourth-order valence-electron chi connectivity index (χ4n) is 2.04. The predicted molar refractivity (Wildman–Crippen MR) is 91.3 cm³/mol. The molecule has 0 N–H and O–H groups in total. The van der Waals surface area contributed by atoms with Crippen molar-refractivity contribution in [2.45, 2.75) is 17.2 Å². The number of hydrogen-bond donors (Lipinski definition) is 0. The number of fused-ring (bicyclic) bond motifs is 1. The number of alkyl halides is 3. The Morgan fingerprint density at radius 3 is 2.36 bits per heavy atom. The van der Waals surface area contributed by atoms with Crippen LogP contribution < -0.4 is 5.63 Å². The number of halogens is 5. The molecule has 3 aromatic rings. The summed E-state index contributed by atoms with van der Waals surface area (Å²) in [7, 11) is 0. The molecule has 130 valence electrons. The van der Waals surface area contributed by atoms with Crippen molar-refractivity contribution in [1.29, 1.82) is 0 Å². The minimum Gasteiger partial charge on any atom is -0.397 e. The van der Waals surface area contributed by atoms with E-state index >= 15 is 0 Å². The predicted octanol–water partition coefficient (Wildman–Crippen LogP) is 5.81. The molecule has 0 amide bonds. The third-order valence-corrected chi connectivity index (χ3v) is 4.92. The quantitative estimate of drug-likeness (QED) is 0.516. The second-order valence-electron chi connectivity index (χ2n) is 5.03. The van der Waals surface area contributed by atoms with Gasteiger partial charge in [0.05, 0.1) is 26.5 Å². The average Bonchev–Trinajstić information content (AvgIpc) is 2.54. The number of benzene rings is 2. The third kappa shape index (κ3) is 4.11. The second kappa shape index (κ2) is 6.90. The number of hydrogen-bond acceptors (Lipinski definition) is 4. The van der Waals surface area contributed by atoms with Gasteiger partial charge in [-0.1, -0.05) is 47.1 Å². The van der Waals surface area contributed by atoms with E-state index in [-0.39, 0.29) is 20.7 Å². The molecule has 0 unspecified atom stereocenters. The first-order valence-corrected chi connectivity index (χ1v) is 8.57. The molecule has 0 aliphatic carbocycles.